The molecule has 0 saturated carbocycles. The van der Waals surface area contributed by atoms with Crippen molar-refractivity contribution in [3.05, 3.63) is 30.3 Å². The van der Waals surface area contributed by atoms with E-state index in [0.717, 1.165) is 30.5 Å². The van der Waals surface area contributed by atoms with Crippen molar-refractivity contribution < 1.29 is 4.57 Å². The van der Waals surface area contributed by atoms with Crippen LogP contribution in [0, 0.1) is 17.9 Å². The third-order valence-electron chi connectivity index (χ3n) is 5.36. The molecule has 0 fully saturated rings. The fourth-order valence-corrected chi connectivity index (χ4v) is 7.42. The molecule has 0 aliphatic heterocycles. The molecule has 0 amide bonds. The molecular formula is C22H38OP. The topological polar surface area (TPSA) is 17.1 Å². The van der Waals surface area contributed by atoms with Crippen molar-refractivity contribution in [3.8, 4) is 0 Å². The molecule has 1 radical (unpaired) electrons. The lowest BCUT2D eigenvalue weighted by atomic mass is 10.0. The second-order valence-corrected chi connectivity index (χ2v) is 10.4. The van der Waals surface area contributed by atoms with Crippen molar-refractivity contribution >= 4 is 12.4 Å². The molecule has 2 heteroatoms. The summed E-state index contributed by atoms with van der Waals surface area (Å²) in [6.45, 7) is 9.02. The van der Waals surface area contributed by atoms with Gasteiger partial charge in [0.05, 0.1) is 0 Å². The van der Waals surface area contributed by atoms with E-state index in [2.05, 4.69) is 45.9 Å². The summed E-state index contributed by atoms with van der Waals surface area (Å²) in [6, 6.07) is 11.1. The number of rotatable bonds is 13. The largest absolute Gasteiger partial charge is 0.319 e. The van der Waals surface area contributed by atoms with E-state index in [-0.39, 0.29) is 0 Å². The van der Waals surface area contributed by atoms with E-state index in [9.17, 15) is 4.57 Å². The van der Waals surface area contributed by atoms with Gasteiger partial charge in [0.25, 0.3) is 0 Å². The third kappa shape index (κ3) is 7.14. The molecule has 2 unspecified atom stereocenters. The van der Waals surface area contributed by atoms with Gasteiger partial charge in [-0.15, -0.1) is 0 Å². The van der Waals surface area contributed by atoms with E-state index in [4.69, 9.17) is 0 Å². The maximum Gasteiger partial charge on any atom is 0.116 e. The molecule has 0 N–H and O–H groups in total. The Hall–Kier alpha value is -0.550. The predicted molar refractivity (Wildman–Crippen MR) is 109 cm³/mol. The van der Waals surface area contributed by atoms with E-state index in [1.807, 2.05) is 12.1 Å². The van der Waals surface area contributed by atoms with Crippen molar-refractivity contribution in [3.63, 3.8) is 0 Å². The van der Waals surface area contributed by atoms with Crippen LogP contribution in [0.4, 0.5) is 0 Å². The van der Waals surface area contributed by atoms with E-state index < -0.39 is 7.14 Å². The Morgan fingerprint density at radius 3 is 1.71 bits per heavy atom. The molecule has 24 heavy (non-hydrogen) atoms. The molecule has 1 nitrogen and oxygen atoms in total. The second-order valence-electron chi connectivity index (χ2n) is 7.35. The maximum absolute atomic E-state index is 14.1. The van der Waals surface area contributed by atoms with Gasteiger partial charge in [-0.05, 0) is 17.9 Å². The van der Waals surface area contributed by atoms with E-state index in [0.29, 0.717) is 11.8 Å². The van der Waals surface area contributed by atoms with Gasteiger partial charge >= 0.3 is 0 Å². The summed E-state index contributed by atoms with van der Waals surface area (Å²) in [5.41, 5.74) is 0. The van der Waals surface area contributed by atoms with Crippen LogP contribution < -0.4 is 5.30 Å². The van der Waals surface area contributed by atoms with Crippen LogP contribution in [0.2, 0.25) is 0 Å². The molecule has 0 bridgehead atoms. The summed E-state index contributed by atoms with van der Waals surface area (Å²) in [4.78, 5) is 0. The summed E-state index contributed by atoms with van der Waals surface area (Å²) in [6.07, 6.45) is 11.5. The molecule has 0 aliphatic carbocycles. The minimum Gasteiger partial charge on any atom is -0.319 e. The Bertz CT molecular complexity index is 446. The Balaban J connectivity index is 2.96. The minimum atomic E-state index is -2.32. The van der Waals surface area contributed by atoms with Crippen LogP contribution in [0.5, 0.6) is 0 Å². The lowest BCUT2D eigenvalue weighted by Gasteiger charge is -2.27. The highest BCUT2D eigenvalue weighted by atomic mass is 31.2. The summed E-state index contributed by atoms with van der Waals surface area (Å²) in [5, 5.41) is 1.09. The molecule has 1 rings (SSSR count). The smallest absolute Gasteiger partial charge is 0.116 e. The highest BCUT2D eigenvalue weighted by Gasteiger charge is 2.30. The standard InChI is InChI=1S/C22H38OP/c1-5-9-14-20(7-3)18-24(23,22-16-12-11-13-17-22)19-21(8-4)15-10-6-2/h12-13,16-17,20-21H,5-10,14-15,18-19H2,1-4H3. The third-order valence-corrected chi connectivity index (χ3v) is 8.82. The zero-order valence-corrected chi connectivity index (χ0v) is 17.3. The molecule has 0 spiro atoms. The van der Waals surface area contributed by atoms with Crippen molar-refractivity contribution in [1.82, 2.24) is 0 Å². The van der Waals surface area contributed by atoms with Crippen LogP contribution in [0.25, 0.3) is 0 Å². The van der Waals surface area contributed by atoms with Gasteiger partial charge in [0, 0.05) is 17.6 Å². The first-order valence-electron chi connectivity index (χ1n) is 10.1. The van der Waals surface area contributed by atoms with Gasteiger partial charge in [-0.1, -0.05) is 103 Å². The Morgan fingerprint density at radius 1 is 0.875 bits per heavy atom. The maximum atomic E-state index is 14.1. The zero-order valence-electron chi connectivity index (χ0n) is 16.4. The van der Waals surface area contributed by atoms with Crippen LogP contribution in [-0.2, 0) is 4.57 Å². The van der Waals surface area contributed by atoms with Crippen molar-refractivity contribution in [2.45, 2.75) is 79.1 Å². The Labute approximate surface area is 151 Å². The van der Waals surface area contributed by atoms with Gasteiger partial charge in [0.1, 0.15) is 7.14 Å². The minimum absolute atomic E-state index is 0.601. The Morgan fingerprint density at radius 2 is 1.33 bits per heavy atom. The molecule has 0 aromatic heterocycles. The monoisotopic (exact) mass is 349 g/mol. The number of hydrogen-bond acceptors (Lipinski definition) is 1. The lowest BCUT2D eigenvalue weighted by Crippen LogP contribution is -2.20. The first-order chi connectivity index (χ1) is 11.6. The van der Waals surface area contributed by atoms with Gasteiger partial charge in [0.15, 0.2) is 0 Å². The average Bonchev–Trinajstić information content (AvgIpc) is 2.62. The van der Waals surface area contributed by atoms with Gasteiger partial charge in [-0.2, -0.15) is 0 Å². The van der Waals surface area contributed by atoms with Crippen molar-refractivity contribution in [2.24, 2.45) is 11.8 Å². The van der Waals surface area contributed by atoms with Gasteiger partial charge in [-0.3, -0.25) is 0 Å². The second kappa shape index (κ2) is 11.9. The van der Waals surface area contributed by atoms with Crippen LogP contribution in [0.1, 0.15) is 79.1 Å². The molecule has 2 atom stereocenters. The number of hydrogen-bond donors (Lipinski definition) is 0. The molecule has 0 saturated heterocycles. The van der Waals surface area contributed by atoms with Crippen molar-refractivity contribution in [2.75, 3.05) is 12.3 Å². The quantitative estimate of drug-likeness (QED) is 0.354. The lowest BCUT2D eigenvalue weighted by molar-refractivity contribution is 0.466. The molecule has 137 valence electrons. The molecule has 1 aromatic rings. The first kappa shape index (κ1) is 21.5. The predicted octanol–water partition coefficient (Wildman–Crippen LogP) is 6.91. The number of unbranched alkanes of at least 4 members (excludes halogenated alkanes) is 2. The molecule has 1 aromatic carbocycles. The zero-order chi connectivity index (χ0) is 17.8. The van der Waals surface area contributed by atoms with Crippen LogP contribution in [-0.4, -0.2) is 12.3 Å². The van der Waals surface area contributed by atoms with E-state index in [1.54, 1.807) is 0 Å². The fourth-order valence-electron chi connectivity index (χ4n) is 3.60. The molecule has 0 heterocycles. The Kier molecular flexibility index (Phi) is 10.7. The summed E-state index contributed by atoms with van der Waals surface area (Å²) >= 11 is 0. The number of benzene rings is 1. The fraction of sp³-hybridized carbons (Fsp3) is 0.727. The SMILES string of the molecule is CCCCC(CC)CP(=O)(CC(CC)CCCC)c1cc[c]cc1. The van der Waals surface area contributed by atoms with Gasteiger partial charge in [-0.25, -0.2) is 0 Å². The van der Waals surface area contributed by atoms with Crippen molar-refractivity contribution in [1.29, 1.82) is 0 Å². The van der Waals surface area contributed by atoms with Crippen LogP contribution in [0.3, 0.4) is 0 Å². The first-order valence-corrected chi connectivity index (χ1v) is 12.2. The average molecular weight is 350 g/mol. The van der Waals surface area contributed by atoms with Gasteiger partial charge < -0.3 is 4.57 Å². The van der Waals surface area contributed by atoms with E-state index >= 15 is 0 Å². The summed E-state index contributed by atoms with van der Waals surface area (Å²) < 4.78 is 14.1. The molecule has 0 aliphatic rings. The molecular weight excluding hydrogens is 311 g/mol. The summed E-state index contributed by atoms with van der Waals surface area (Å²) in [5.74, 6) is 1.20. The van der Waals surface area contributed by atoms with Gasteiger partial charge in [0.2, 0.25) is 0 Å². The van der Waals surface area contributed by atoms with Crippen LogP contribution in [0.15, 0.2) is 24.3 Å². The highest BCUT2D eigenvalue weighted by molar-refractivity contribution is 7.71. The van der Waals surface area contributed by atoms with Crippen LogP contribution >= 0.6 is 7.14 Å². The van der Waals surface area contributed by atoms with E-state index in [1.165, 1.54) is 38.5 Å². The highest BCUT2D eigenvalue weighted by Crippen LogP contribution is 2.50. The summed E-state index contributed by atoms with van der Waals surface area (Å²) in [7, 11) is -2.32. The normalized spacial score (nSPS) is 16.5.